The Morgan fingerprint density at radius 1 is 1.31 bits per heavy atom. The van der Waals surface area contributed by atoms with Crippen LogP contribution in [0.2, 0.25) is 0 Å². The van der Waals surface area contributed by atoms with Crippen LogP contribution in [0.1, 0.15) is 13.3 Å². The molecule has 0 aromatic carbocycles. The molecule has 2 aliphatic rings. The van der Waals surface area contributed by atoms with E-state index >= 15 is 0 Å². The maximum absolute atomic E-state index is 5.36. The lowest BCUT2D eigenvalue weighted by Crippen LogP contribution is -2.39. The Morgan fingerprint density at radius 3 is 2.62 bits per heavy atom. The zero-order valence-corrected chi connectivity index (χ0v) is 10.2. The van der Waals surface area contributed by atoms with Crippen LogP contribution in [0, 0.1) is 0 Å². The van der Waals surface area contributed by atoms with E-state index in [-0.39, 0.29) is 0 Å². The summed E-state index contributed by atoms with van der Waals surface area (Å²) in [5.74, 6) is 0. The fourth-order valence-electron chi connectivity index (χ4n) is 2.29. The number of nitrogens with one attached hydrogen (secondary N) is 2. The fraction of sp³-hybridized carbons (Fsp3) is 0.833. The lowest BCUT2D eigenvalue weighted by atomic mass is 10.1. The summed E-state index contributed by atoms with van der Waals surface area (Å²) in [5.41, 5.74) is 1.52. The van der Waals surface area contributed by atoms with E-state index in [0.29, 0.717) is 6.17 Å². The Kier molecular flexibility index (Phi) is 4.78. The highest BCUT2D eigenvalue weighted by Crippen LogP contribution is 2.09. The van der Waals surface area contributed by atoms with Crippen molar-refractivity contribution in [3.63, 3.8) is 0 Å². The monoisotopic (exact) mass is 225 g/mol. The highest BCUT2D eigenvalue weighted by molar-refractivity contribution is 5.06. The van der Waals surface area contributed by atoms with Gasteiger partial charge in [-0.1, -0.05) is 11.6 Å². The van der Waals surface area contributed by atoms with Crippen LogP contribution in [0.25, 0.3) is 0 Å². The lowest BCUT2D eigenvalue weighted by Gasteiger charge is -2.28. The summed E-state index contributed by atoms with van der Waals surface area (Å²) in [7, 11) is 0. The number of ether oxygens (including phenoxy) is 1. The zero-order valence-electron chi connectivity index (χ0n) is 10.2. The van der Waals surface area contributed by atoms with E-state index in [1.165, 1.54) is 5.57 Å². The maximum atomic E-state index is 5.36. The summed E-state index contributed by atoms with van der Waals surface area (Å²) in [6.45, 7) is 9.35. The first-order valence-electron chi connectivity index (χ1n) is 6.29. The van der Waals surface area contributed by atoms with Gasteiger partial charge in [0.05, 0.1) is 19.4 Å². The molecule has 2 saturated heterocycles. The predicted molar refractivity (Wildman–Crippen MR) is 65.4 cm³/mol. The average Bonchev–Trinajstić information content (AvgIpc) is 2.82. The van der Waals surface area contributed by atoms with Gasteiger partial charge in [0.15, 0.2) is 0 Å². The average molecular weight is 225 g/mol. The Balaban J connectivity index is 1.75. The second-order valence-corrected chi connectivity index (χ2v) is 4.50. The molecule has 2 N–H and O–H groups in total. The van der Waals surface area contributed by atoms with Gasteiger partial charge in [0, 0.05) is 32.7 Å². The minimum atomic E-state index is 0.479. The van der Waals surface area contributed by atoms with Crippen molar-refractivity contribution < 1.29 is 4.74 Å². The van der Waals surface area contributed by atoms with Crippen molar-refractivity contribution in [1.82, 2.24) is 15.5 Å². The fourth-order valence-corrected chi connectivity index (χ4v) is 2.29. The summed E-state index contributed by atoms with van der Waals surface area (Å²) in [5, 5.41) is 6.93. The standard InChI is InChI=1S/C12H23N3O/c1-2-11(9-12-13-3-4-14-12)10-15-5-7-16-8-6-15/h2,12-14H,3-10H2,1H3/b11-2+. The van der Waals surface area contributed by atoms with Crippen LogP contribution in [0.4, 0.5) is 0 Å². The third kappa shape index (κ3) is 3.56. The van der Waals surface area contributed by atoms with Crippen molar-refractivity contribution >= 4 is 0 Å². The van der Waals surface area contributed by atoms with Crippen LogP contribution in [0.15, 0.2) is 11.6 Å². The number of nitrogens with zero attached hydrogens (tertiary/aromatic N) is 1. The number of hydrogen-bond acceptors (Lipinski definition) is 4. The van der Waals surface area contributed by atoms with Gasteiger partial charge in [-0.3, -0.25) is 4.90 Å². The molecule has 0 aromatic heterocycles. The van der Waals surface area contributed by atoms with Gasteiger partial charge in [-0.25, -0.2) is 0 Å². The molecule has 0 spiro atoms. The molecule has 0 unspecified atom stereocenters. The quantitative estimate of drug-likeness (QED) is 0.669. The third-order valence-corrected chi connectivity index (χ3v) is 3.31. The summed E-state index contributed by atoms with van der Waals surface area (Å²) in [6.07, 6.45) is 3.86. The molecule has 2 aliphatic heterocycles. The van der Waals surface area contributed by atoms with Gasteiger partial charge < -0.3 is 15.4 Å². The number of rotatable bonds is 4. The summed E-state index contributed by atoms with van der Waals surface area (Å²) in [6, 6.07) is 0. The van der Waals surface area contributed by atoms with Gasteiger partial charge in [0.25, 0.3) is 0 Å². The topological polar surface area (TPSA) is 36.5 Å². The minimum Gasteiger partial charge on any atom is -0.379 e. The molecule has 92 valence electrons. The van der Waals surface area contributed by atoms with Crippen LogP contribution in [-0.2, 0) is 4.74 Å². The molecule has 0 saturated carbocycles. The molecule has 2 fully saturated rings. The molecular weight excluding hydrogens is 202 g/mol. The molecule has 0 aliphatic carbocycles. The molecular formula is C12H23N3O. The zero-order chi connectivity index (χ0) is 11.2. The molecule has 0 aromatic rings. The van der Waals surface area contributed by atoms with Crippen molar-refractivity contribution in [2.45, 2.75) is 19.5 Å². The van der Waals surface area contributed by atoms with E-state index in [1.807, 2.05) is 0 Å². The highest BCUT2D eigenvalue weighted by atomic mass is 16.5. The van der Waals surface area contributed by atoms with Crippen molar-refractivity contribution in [3.05, 3.63) is 11.6 Å². The number of allylic oxidation sites excluding steroid dienone is 1. The van der Waals surface area contributed by atoms with Gasteiger partial charge >= 0.3 is 0 Å². The summed E-state index contributed by atoms with van der Waals surface area (Å²) < 4.78 is 5.36. The second kappa shape index (κ2) is 6.35. The van der Waals surface area contributed by atoms with E-state index in [0.717, 1.165) is 52.4 Å². The normalized spacial score (nSPS) is 25.2. The first-order valence-corrected chi connectivity index (χ1v) is 6.29. The van der Waals surface area contributed by atoms with Crippen LogP contribution in [0.5, 0.6) is 0 Å². The van der Waals surface area contributed by atoms with E-state index in [9.17, 15) is 0 Å². The van der Waals surface area contributed by atoms with Crippen molar-refractivity contribution in [1.29, 1.82) is 0 Å². The largest absolute Gasteiger partial charge is 0.379 e. The van der Waals surface area contributed by atoms with Crippen LogP contribution in [0.3, 0.4) is 0 Å². The Bertz CT molecular complexity index is 230. The van der Waals surface area contributed by atoms with Crippen LogP contribution in [-0.4, -0.2) is 57.0 Å². The minimum absolute atomic E-state index is 0.479. The molecule has 2 rings (SSSR count). The van der Waals surface area contributed by atoms with Gasteiger partial charge in [-0.15, -0.1) is 0 Å². The first-order chi connectivity index (χ1) is 7.88. The third-order valence-electron chi connectivity index (χ3n) is 3.31. The first kappa shape index (κ1) is 12.0. The van der Waals surface area contributed by atoms with Crippen LogP contribution >= 0.6 is 0 Å². The Hall–Kier alpha value is -0.420. The smallest absolute Gasteiger partial charge is 0.0611 e. The lowest BCUT2D eigenvalue weighted by molar-refractivity contribution is 0.0418. The van der Waals surface area contributed by atoms with Gasteiger partial charge in [0.2, 0.25) is 0 Å². The Morgan fingerprint density at radius 2 is 2.00 bits per heavy atom. The summed E-state index contributed by atoms with van der Waals surface area (Å²) in [4.78, 5) is 2.48. The van der Waals surface area contributed by atoms with Crippen LogP contribution < -0.4 is 10.6 Å². The predicted octanol–water partition coefficient (Wildman–Crippen LogP) is 0.174. The summed E-state index contributed by atoms with van der Waals surface area (Å²) >= 11 is 0. The van der Waals surface area contributed by atoms with Crippen molar-refractivity contribution in [3.8, 4) is 0 Å². The molecule has 16 heavy (non-hydrogen) atoms. The van der Waals surface area contributed by atoms with E-state index < -0.39 is 0 Å². The highest BCUT2D eigenvalue weighted by Gasteiger charge is 2.17. The van der Waals surface area contributed by atoms with Crippen molar-refractivity contribution in [2.24, 2.45) is 0 Å². The second-order valence-electron chi connectivity index (χ2n) is 4.50. The van der Waals surface area contributed by atoms with Gasteiger partial charge in [-0.2, -0.15) is 0 Å². The molecule has 0 atom stereocenters. The number of hydrogen-bond donors (Lipinski definition) is 2. The van der Waals surface area contributed by atoms with E-state index in [4.69, 9.17) is 4.74 Å². The molecule has 0 amide bonds. The van der Waals surface area contributed by atoms with Crippen molar-refractivity contribution in [2.75, 3.05) is 45.9 Å². The SMILES string of the molecule is C/C=C(\CC1NCCN1)CN1CCOCC1. The van der Waals surface area contributed by atoms with Gasteiger partial charge in [-0.05, 0) is 13.3 Å². The van der Waals surface area contributed by atoms with E-state index in [2.05, 4.69) is 28.5 Å². The molecule has 4 nitrogen and oxygen atoms in total. The molecule has 2 heterocycles. The molecule has 4 heteroatoms. The molecule has 0 bridgehead atoms. The van der Waals surface area contributed by atoms with E-state index in [1.54, 1.807) is 0 Å². The Labute approximate surface area is 98.0 Å². The number of morpholine rings is 1. The van der Waals surface area contributed by atoms with Gasteiger partial charge in [0.1, 0.15) is 0 Å². The maximum Gasteiger partial charge on any atom is 0.0611 e. The molecule has 0 radical (unpaired) electrons.